The summed E-state index contributed by atoms with van der Waals surface area (Å²) in [5.41, 5.74) is 5.64. The Bertz CT molecular complexity index is 1400. The molecule has 0 fully saturated rings. The summed E-state index contributed by atoms with van der Waals surface area (Å²) in [6.07, 6.45) is 3.32. The molecule has 1 aliphatic heterocycles. The van der Waals surface area contributed by atoms with Crippen LogP contribution in [0.5, 0.6) is 11.5 Å². The van der Waals surface area contributed by atoms with E-state index in [1.165, 1.54) is 21.9 Å². The van der Waals surface area contributed by atoms with Gasteiger partial charge < -0.3 is 14.4 Å². The Morgan fingerprint density at radius 3 is 2.48 bits per heavy atom. The number of hydrogen-bond acceptors (Lipinski definition) is 6. The van der Waals surface area contributed by atoms with Crippen LogP contribution in [0.3, 0.4) is 0 Å². The molecular formula is C25H25N5O3. The van der Waals surface area contributed by atoms with E-state index in [-0.39, 0.29) is 5.56 Å². The Hall–Kier alpha value is -3.91. The lowest BCUT2D eigenvalue weighted by Gasteiger charge is -2.22. The number of H-pyrrole nitrogens is 1. The molecule has 0 atom stereocenters. The highest BCUT2D eigenvalue weighted by Gasteiger charge is 2.16. The zero-order valence-electron chi connectivity index (χ0n) is 18.8. The lowest BCUT2D eigenvalue weighted by atomic mass is 9.98. The van der Waals surface area contributed by atoms with Crippen LogP contribution in [-0.2, 0) is 0 Å². The number of ether oxygens (including phenoxy) is 2. The van der Waals surface area contributed by atoms with E-state index < -0.39 is 0 Å². The minimum atomic E-state index is -0.286. The average molecular weight is 444 g/mol. The molecule has 0 amide bonds. The number of fused-ring (bicyclic) bond motifs is 1. The van der Waals surface area contributed by atoms with Crippen molar-refractivity contribution in [1.82, 2.24) is 24.9 Å². The van der Waals surface area contributed by atoms with Gasteiger partial charge in [0.15, 0.2) is 0 Å². The van der Waals surface area contributed by atoms with Crippen molar-refractivity contribution < 1.29 is 9.47 Å². The molecule has 2 aromatic heterocycles. The Labute approximate surface area is 191 Å². The van der Waals surface area contributed by atoms with Gasteiger partial charge in [-0.25, -0.2) is 0 Å². The zero-order valence-corrected chi connectivity index (χ0v) is 18.8. The number of methoxy groups -OCH3 is 2. The van der Waals surface area contributed by atoms with Crippen LogP contribution in [0.2, 0.25) is 0 Å². The monoisotopic (exact) mass is 443 g/mol. The van der Waals surface area contributed by atoms with Gasteiger partial charge in [0, 0.05) is 30.8 Å². The van der Waals surface area contributed by atoms with Crippen molar-refractivity contribution in [3.05, 3.63) is 70.5 Å². The third kappa shape index (κ3) is 3.89. The van der Waals surface area contributed by atoms with Crippen LogP contribution in [0.15, 0.2) is 59.4 Å². The summed E-state index contributed by atoms with van der Waals surface area (Å²) in [5, 5.41) is 12.0. The summed E-state index contributed by atoms with van der Waals surface area (Å²) >= 11 is 0. The maximum absolute atomic E-state index is 12.8. The zero-order chi connectivity index (χ0) is 22.9. The van der Waals surface area contributed by atoms with Crippen LogP contribution in [-0.4, -0.2) is 59.2 Å². The molecule has 0 radical (unpaired) electrons. The first-order valence-electron chi connectivity index (χ1n) is 10.8. The van der Waals surface area contributed by atoms with Crippen molar-refractivity contribution in [3.63, 3.8) is 0 Å². The highest BCUT2D eigenvalue weighted by Crippen LogP contribution is 2.30. The molecule has 0 unspecified atom stereocenters. The highest BCUT2D eigenvalue weighted by molar-refractivity contribution is 5.89. The lowest BCUT2D eigenvalue weighted by molar-refractivity contribution is 0.370. The van der Waals surface area contributed by atoms with Crippen LogP contribution >= 0.6 is 0 Å². The van der Waals surface area contributed by atoms with Gasteiger partial charge in [-0.2, -0.15) is 14.9 Å². The topological polar surface area (TPSA) is 85.3 Å². The first-order valence-corrected chi connectivity index (χ1v) is 10.8. The third-order valence-corrected chi connectivity index (χ3v) is 6.00. The fraction of sp³-hybridized carbons (Fsp3) is 0.240. The number of rotatable bonds is 5. The summed E-state index contributed by atoms with van der Waals surface area (Å²) in [5.74, 6) is 1.12. The molecule has 0 saturated heterocycles. The number of aromatic nitrogens is 4. The minimum Gasteiger partial charge on any atom is -0.497 e. The van der Waals surface area contributed by atoms with Gasteiger partial charge in [0.05, 0.1) is 19.7 Å². The Morgan fingerprint density at radius 1 is 1.00 bits per heavy atom. The molecule has 1 aliphatic rings. The van der Waals surface area contributed by atoms with Gasteiger partial charge in [0.1, 0.15) is 28.4 Å². The molecule has 8 nitrogen and oxygen atoms in total. The van der Waals surface area contributed by atoms with Gasteiger partial charge in [0.2, 0.25) is 0 Å². The quantitative estimate of drug-likeness (QED) is 0.508. The van der Waals surface area contributed by atoms with Crippen LogP contribution in [0.4, 0.5) is 0 Å². The molecule has 0 aliphatic carbocycles. The van der Waals surface area contributed by atoms with Gasteiger partial charge in [0.25, 0.3) is 5.56 Å². The van der Waals surface area contributed by atoms with E-state index >= 15 is 0 Å². The van der Waals surface area contributed by atoms with E-state index in [2.05, 4.69) is 57.6 Å². The van der Waals surface area contributed by atoms with E-state index in [1.807, 2.05) is 0 Å². The minimum absolute atomic E-state index is 0.286. The van der Waals surface area contributed by atoms with Crippen molar-refractivity contribution in [1.29, 1.82) is 0 Å². The molecule has 0 spiro atoms. The fourth-order valence-corrected chi connectivity index (χ4v) is 4.09. The van der Waals surface area contributed by atoms with Crippen LogP contribution in [0.25, 0.3) is 33.6 Å². The van der Waals surface area contributed by atoms with E-state index in [0.717, 1.165) is 25.1 Å². The molecule has 0 bridgehead atoms. The number of nitrogens with one attached hydrogen (secondary N) is 1. The first kappa shape index (κ1) is 21.0. The predicted molar refractivity (Wildman–Crippen MR) is 128 cm³/mol. The van der Waals surface area contributed by atoms with E-state index in [9.17, 15) is 4.79 Å². The second-order valence-electron chi connectivity index (χ2n) is 8.09. The maximum Gasteiger partial charge on any atom is 0.273 e. The second-order valence-corrected chi connectivity index (χ2v) is 8.09. The van der Waals surface area contributed by atoms with Crippen LogP contribution in [0.1, 0.15) is 12.0 Å². The summed E-state index contributed by atoms with van der Waals surface area (Å²) in [4.78, 5) is 15.1. The molecule has 1 N–H and O–H groups in total. The van der Waals surface area contributed by atoms with E-state index in [1.54, 1.807) is 32.4 Å². The highest BCUT2D eigenvalue weighted by atomic mass is 16.5. The third-order valence-electron chi connectivity index (χ3n) is 6.00. The van der Waals surface area contributed by atoms with Gasteiger partial charge >= 0.3 is 0 Å². The van der Waals surface area contributed by atoms with Crippen molar-refractivity contribution in [2.45, 2.75) is 6.42 Å². The van der Waals surface area contributed by atoms with Crippen molar-refractivity contribution in [3.8, 4) is 28.4 Å². The summed E-state index contributed by atoms with van der Waals surface area (Å²) < 4.78 is 12.1. The molecule has 2 aromatic carbocycles. The fourth-order valence-electron chi connectivity index (χ4n) is 4.09. The Balaban J connectivity index is 1.55. The van der Waals surface area contributed by atoms with E-state index in [4.69, 9.17) is 9.47 Å². The number of hydrogen-bond donors (Lipinski definition) is 1. The van der Waals surface area contributed by atoms with Crippen molar-refractivity contribution in [2.75, 3.05) is 34.4 Å². The molecule has 5 rings (SSSR count). The second kappa shape index (κ2) is 8.55. The average Bonchev–Trinajstić information content (AvgIpc) is 3.26. The van der Waals surface area contributed by atoms with Gasteiger partial charge in [-0.1, -0.05) is 30.3 Å². The summed E-state index contributed by atoms with van der Waals surface area (Å²) in [6.45, 7) is 2.03. The molecule has 0 saturated carbocycles. The van der Waals surface area contributed by atoms with Crippen molar-refractivity contribution in [2.24, 2.45) is 0 Å². The first-order chi connectivity index (χ1) is 16.1. The molecule has 8 heteroatoms. The maximum atomic E-state index is 12.8. The number of likely N-dealkylation sites (N-methyl/N-ethyl adjacent to an activating group) is 1. The SMILES string of the molecule is COc1ccc(-n2nc3c(-c4ccc(C5=CCN(C)CC5)cc4)n[nH]c3cc2=O)c(OC)c1. The lowest BCUT2D eigenvalue weighted by Crippen LogP contribution is -2.23. The van der Waals surface area contributed by atoms with Gasteiger partial charge in [-0.3, -0.25) is 9.89 Å². The summed E-state index contributed by atoms with van der Waals surface area (Å²) in [7, 11) is 5.26. The molecule has 33 heavy (non-hydrogen) atoms. The number of benzene rings is 2. The number of nitrogens with zero attached hydrogens (tertiary/aromatic N) is 4. The largest absolute Gasteiger partial charge is 0.497 e. The standard InChI is InChI=1S/C25H25N5O3/c1-29-12-10-17(11-13-29)16-4-6-18(7-5-16)24-25-20(26-27-24)15-23(31)30(28-25)21-9-8-19(32-2)14-22(21)33-3/h4-10,14-15,26H,11-13H2,1-3H3. The van der Waals surface area contributed by atoms with Gasteiger partial charge in [-0.05, 0) is 36.7 Å². The van der Waals surface area contributed by atoms with Crippen LogP contribution < -0.4 is 15.0 Å². The molecule has 4 aromatic rings. The predicted octanol–water partition coefficient (Wildman–Crippen LogP) is 3.51. The molecular weight excluding hydrogens is 418 g/mol. The summed E-state index contributed by atoms with van der Waals surface area (Å²) in [6, 6.07) is 15.1. The van der Waals surface area contributed by atoms with E-state index in [0.29, 0.717) is 33.9 Å². The molecule has 168 valence electrons. The van der Waals surface area contributed by atoms with Crippen LogP contribution in [0, 0.1) is 0 Å². The Kier molecular flexibility index (Phi) is 5.43. The Morgan fingerprint density at radius 2 is 1.79 bits per heavy atom. The van der Waals surface area contributed by atoms with Gasteiger partial charge in [-0.15, -0.1) is 0 Å². The smallest absolute Gasteiger partial charge is 0.273 e. The molecule has 3 heterocycles. The van der Waals surface area contributed by atoms with Crippen molar-refractivity contribution >= 4 is 16.6 Å². The normalized spacial score (nSPS) is 14.3. The number of aromatic amines is 1.